The Bertz CT molecular complexity index is 1370. The molecule has 0 bridgehead atoms. The lowest BCUT2D eigenvalue weighted by atomic mass is 10.1. The molecule has 1 N–H and O–H groups in total. The second kappa shape index (κ2) is 9.80. The van der Waals surface area contributed by atoms with Gasteiger partial charge in [-0.1, -0.05) is 24.3 Å². The average Bonchev–Trinajstić information content (AvgIpc) is 3.40. The van der Waals surface area contributed by atoms with Crippen molar-refractivity contribution >= 4 is 27.4 Å². The molecule has 0 saturated heterocycles. The van der Waals surface area contributed by atoms with E-state index in [0.717, 1.165) is 0 Å². The topological polar surface area (TPSA) is 102 Å². The summed E-state index contributed by atoms with van der Waals surface area (Å²) in [4.78, 5) is 19.4. The summed E-state index contributed by atoms with van der Waals surface area (Å²) < 4.78 is 39.4. The maximum absolute atomic E-state index is 13.6. The normalized spacial score (nSPS) is 12.1. The van der Waals surface area contributed by atoms with E-state index in [-0.39, 0.29) is 10.5 Å². The second-order valence-corrected chi connectivity index (χ2v) is 9.07. The van der Waals surface area contributed by atoms with Crippen LogP contribution >= 0.6 is 0 Å². The van der Waals surface area contributed by atoms with Gasteiger partial charge in [0, 0.05) is 11.8 Å². The molecule has 2 aromatic carbocycles. The number of anilines is 2. The Balaban J connectivity index is 1.69. The number of nitrogens with zero attached hydrogens (tertiary/aromatic N) is 2. The van der Waals surface area contributed by atoms with Crippen LogP contribution in [0.5, 0.6) is 5.75 Å². The molecule has 4 aromatic rings. The molecule has 0 aliphatic carbocycles. The molecule has 0 radical (unpaired) electrons. The van der Waals surface area contributed by atoms with Crippen molar-refractivity contribution in [3.05, 3.63) is 103 Å². The van der Waals surface area contributed by atoms with Crippen LogP contribution in [0.2, 0.25) is 0 Å². The van der Waals surface area contributed by atoms with Crippen molar-refractivity contribution in [2.75, 3.05) is 16.7 Å². The van der Waals surface area contributed by atoms with Crippen molar-refractivity contribution in [1.82, 2.24) is 4.98 Å². The summed E-state index contributed by atoms with van der Waals surface area (Å²) in [6.07, 6.45) is 3.12. The van der Waals surface area contributed by atoms with E-state index >= 15 is 0 Å². The number of sulfonamides is 1. The molecular formula is C25H23N3O5S. The number of furan rings is 1. The highest BCUT2D eigenvalue weighted by atomic mass is 32.2. The van der Waals surface area contributed by atoms with Crippen molar-refractivity contribution in [3.63, 3.8) is 0 Å². The Morgan fingerprint density at radius 1 is 1.03 bits per heavy atom. The Morgan fingerprint density at radius 3 is 2.53 bits per heavy atom. The van der Waals surface area contributed by atoms with Crippen molar-refractivity contribution in [1.29, 1.82) is 0 Å². The summed E-state index contributed by atoms with van der Waals surface area (Å²) in [5, 5.41) is 0. The van der Waals surface area contributed by atoms with Gasteiger partial charge in [-0.15, -0.1) is 0 Å². The number of hydrogen-bond acceptors (Lipinski definition) is 6. The minimum absolute atomic E-state index is 0.0594. The van der Waals surface area contributed by atoms with Gasteiger partial charge in [-0.25, -0.2) is 13.4 Å². The molecule has 34 heavy (non-hydrogen) atoms. The number of ether oxygens (including phenoxy) is 1. The van der Waals surface area contributed by atoms with E-state index in [1.807, 2.05) is 6.92 Å². The van der Waals surface area contributed by atoms with Gasteiger partial charge in [-0.05, 0) is 61.5 Å². The van der Waals surface area contributed by atoms with Crippen LogP contribution in [-0.2, 0) is 10.0 Å². The zero-order chi connectivity index (χ0) is 24.1. The summed E-state index contributed by atoms with van der Waals surface area (Å²) in [5.41, 5.74) is 0.482. The number of hydrogen-bond donors (Lipinski definition) is 1. The third-order valence-corrected chi connectivity index (χ3v) is 6.56. The second-order valence-electron chi connectivity index (χ2n) is 7.39. The van der Waals surface area contributed by atoms with E-state index in [4.69, 9.17) is 9.15 Å². The van der Waals surface area contributed by atoms with Crippen molar-refractivity contribution < 1.29 is 22.4 Å². The van der Waals surface area contributed by atoms with Gasteiger partial charge in [0.1, 0.15) is 17.3 Å². The first-order chi connectivity index (χ1) is 16.4. The third-order valence-electron chi connectivity index (χ3n) is 5.20. The van der Waals surface area contributed by atoms with Crippen LogP contribution in [0.4, 0.5) is 11.5 Å². The average molecular weight is 478 g/mol. The fourth-order valence-electron chi connectivity index (χ4n) is 3.50. The minimum atomic E-state index is -3.99. The van der Waals surface area contributed by atoms with Gasteiger partial charge in [0.2, 0.25) is 0 Å². The fraction of sp³-hybridized carbons (Fsp3) is 0.120. The quantitative estimate of drug-likeness (QED) is 0.388. The molecule has 0 aliphatic heterocycles. The number of rotatable bonds is 8. The lowest BCUT2D eigenvalue weighted by Gasteiger charge is -2.27. The van der Waals surface area contributed by atoms with E-state index in [0.29, 0.717) is 23.0 Å². The van der Waals surface area contributed by atoms with Gasteiger partial charge >= 0.3 is 0 Å². The zero-order valence-corrected chi connectivity index (χ0v) is 19.4. The van der Waals surface area contributed by atoms with Gasteiger partial charge in [0.05, 0.1) is 30.0 Å². The lowest BCUT2D eigenvalue weighted by molar-refractivity contribution is 0.0974. The predicted molar refractivity (Wildman–Crippen MR) is 128 cm³/mol. The number of methoxy groups -OCH3 is 1. The van der Waals surface area contributed by atoms with E-state index in [2.05, 4.69) is 9.71 Å². The molecule has 0 fully saturated rings. The van der Waals surface area contributed by atoms with Crippen LogP contribution in [-0.4, -0.2) is 26.4 Å². The number of nitrogens with one attached hydrogen (secondary N) is 1. The van der Waals surface area contributed by atoms with Crippen LogP contribution in [0.1, 0.15) is 29.1 Å². The highest BCUT2D eigenvalue weighted by molar-refractivity contribution is 7.92. The van der Waals surface area contributed by atoms with E-state index in [1.165, 1.54) is 36.5 Å². The van der Waals surface area contributed by atoms with Crippen LogP contribution in [0.25, 0.3) is 0 Å². The van der Waals surface area contributed by atoms with Gasteiger partial charge < -0.3 is 9.15 Å². The third kappa shape index (κ3) is 4.79. The molecule has 2 aromatic heterocycles. The lowest BCUT2D eigenvalue weighted by Crippen LogP contribution is -2.34. The maximum Gasteiger partial charge on any atom is 0.262 e. The molecular weight excluding hydrogens is 454 g/mol. The molecule has 4 rings (SSSR count). The Morgan fingerprint density at radius 2 is 1.82 bits per heavy atom. The van der Waals surface area contributed by atoms with Crippen LogP contribution < -0.4 is 14.4 Å². The molecule has 2 heterocycles. The van der Waals surface area contributed by atoms with E-state index in [1.54, 1.807) is 66.9 Å². The van der Waals surface area contributed by atoms with Crippen LogP contribution in [0.15, 0.2) is 101 Å². The summed E-state index contributed by atoms with van der Waals surface area (Å²) >= 11 is 0. The molecule has 1 atom stereocenters. The molecule has 1 amide bonds. The largest absolute Gasteiger partial charge is 0.495 e. The number of pyridine rings is 1. The van der Waals surface area contributed by atoms with Crippen molar-refractivity contribution in [3.8, 4) is 5.75 Å². The highest BCUT2D eigenvalue weighted by Gasteiger charge is 2.28. The number of benzene rings is 2. The fourth-order valence-corrected chi connectivity index (χ4v) is 4.61. The molecule has 9 heteroatoms. The van der Waals surface area contributed by atoms with Crippen molar-refractivity contribution in [2.45, 2.75) is 17.9 Å². The van der Waals surface area contributed by atoms with Gasteiger partial charge in [-0.2, -0.15) is 0 Å². The van der Waals surface area contributed by atoms with Crippen LogP contribution in [0, 0.1) is 0 Å². The standard InChI is InChI=1S/C25H23N3O5S/c1-18(22-13-8-16-33-22)28(24-14-5-6-15-26-24)25(29)19-9-7-10-20(17-19)34(30,31)27-21-11-3-4-12-23(21)32-2/h3-18,27H,1-2H3. The highest BCUT2D eigenvalue weighted by Crippen LogP contribution is 2.29. The molecule has 0 aliphatic rings. The first-order valence-electron chi connectivity index (χ1n) is 10.4. The number of amides is 1. The molecule has 0 saturated carbocycles. The predicted octanol–water partition coefficient (Wildman–Crippen LogP) is 4.89. The first kappa shape index (κ1) is 23.1. The van der Waals surface area contributed by atoms with Gasteiger partial charge in [0.25, 0.3) is 15.9 Å². The smallest absolute Gasteiger partial charge is 0.262 e. The van der Waals surface area contributed by atoms with E-state index < -0.39 is 22.0 Å². The van der Waals surface area contributed by atoms with Gasteiger partial charge in [-0.3, -0.25) is 14.4 Å². The number of carbonyl (C=O) groups excluding carboxylic acids is 1. The molecule has 0 spiro atoms. The number of carbonyl (C=O) groups is 1. The monoisotopic (exact) mass is 477 g/mol. The summed E-state index contributed by atoms with van der Waals surface area (Å²) in [6, 6.07) is 20.8. The van der Waals surface area contributed by atoms with Gasteiger partial charge in [0.15, 0.2) is 0 Å². The first-order valence-corrected chi connectivity index (χ1v) is 11.9. The van der Waals surface area contributed by atoms with Crippen LogP contribution in [0.3, 0.4) is 0 Å². The summed E-state index contributed by atoms with van der Waals surface area (Å²) in [6.45, 7) is 1.81. The number of para-hydroxylation sites is 2. The minimum Gasteiger partial charge on any atom is -0.495 e. The maximum atomic E-state index is 13.6. The summed E-state index contributed by atoms with van der Waals surface area (Å²) in [5.74, 6) is 0.946. The SMILES string of the molecule is COc1ccccc1NS(=O)(=O)c1cccc(C(=O)N(c2ccccn2)C(C)c2ccco2)c1. The Labute approximate surface area is 197 Å². The molecule has 1 unspecified atom stereocenters. The molecule has 8 nitrogen and oxygen atoms in total. The summed E-state index contributed by atoms with van der Waals surface area (Å²) in [7, 11) is -2.53. The zero-order valence-electron chi connectivity index (χ0n) is 18.6. The Hall–Kier alpha value is -4.11. The molecule has 174 valence electrons. The van der Waals surface area contributed by atoms with Crippen molar-refractivity contribution in [2.24, 2.45) is 0 Å². The number of aromatic nitrogens is 1. The van der Waals surface area contributed by atoms with E-state index in [9.17, 15) is 13.2 Å². The Kier molecular flexibility index (Phi) is 6.65.